The molecule has 0 bridgehead atoms. The Morgan fingerprint density at radius 1 is 1.18 bits per heavy atom. The first kappa shape index (κ1) is 19.5. The fraction of sp³-hybridized carbons (Fsp3) is 0.600. The van der Waals surface area contributed by atoms with Crippen LogP contribution < -0.4 is 0 Å². The van der Waals surface area contributed by atoms with Gasteiger partial charge in [0.15, 0.2) is 5.82 Å². The Morgan fingerprint density at radius 3 is 2.61 bits per heavy atom. The minimum Gasteiger partial charge on any atom is -0.339 e. The quantitative estimate of drug-likeness (QED) is 0.735. The van der Waals surface area contributed by atoms with Crippen molar-refractivity contribution in [2.75, 3.05) is 25.9 Å². The molecule has 0 spiro atoms. The molecule has 2 aliphatic heterocycles. The molecule has 1 aromatic heterocycles. The molecule has 7 nitrogen and oxygen atoms in total. The Labute approximate surface area is 166 Å². The number of likely N-dealkylation sites (tertiary alicyclic amines) is 1. The smallest absolute Gasteiger partial charge is 0.226 e. The van der Waals surface area contributed by atoms with Crippen LogP contribution in [0, 0.1) is 17.8 Å². The van der Waals surface area contributed by atoms with E-state index in [9.17, 15) is 8.42 Å². The highest BCUT2D eigenvalue weighted by molar-refractivity contribution is 7.88. The van der Waals surface area contributed by atoms with Crippen molar-refractivity contribution in [3.63, 3.8) is 0 Å². The Bertz CT molecular complexity index is 913. The van der Waals surface area contributed by atoms with E-state index in [4.69, 9.17) is 4.52 Å². The zero-order chi connectivity index (χ0) is 19.9. The van der Waals surface area contributed by atoms with Crippen molar-refractivity contribution in [1.82, 2.24) is 19.3 Å². The summed E-state index contributed by atoms with van der Waals surface area (Å²) < 4.78 is 31.8. The van der Waals surface area contributed by atoms with Crippen molar-refractivity contribution in [3.05, 3.63) is 47.6 Å². The molecule has 2 saturated heterocycles. The summed E-state index contributed by atoms with van der Waals surface area (Å²) in [6, 6.07) is 9.88. The molecule has 3 atom stereocenters. The van der Waals surface area contributed by atoms with Gasteiger partial charge in [-0.2, -0.15) is 9.29 Å². The van der Waals surface area contributed by atoms with Gasteiger partial charge in [0.2, 0.25) is 15.9 Å². The van der Waals surface area contributed by atoms with Crippen LogP contribution in [-0.2, 0) is 23.0 Å². The van der Waals surface area contributed by atoms with Crippen LogP contribution in [0.5, 0.6) is 0 Å². The molecule has 3 heterocycles. The number of sulfonamides is 1. The van der Waals surface area contributed by atoms with Gasteiger partial charge in [-0.25, -0.2) is 8.42 Å². The van der Waals surface area contributed by atoms with Gasteiger partial charge in [0.1, 0.15) is 0 Å². The van der Waals surface area contributed by atoms with Crippen LogP contribution in [0.1, 0.15) is 37.2 Å². The minimum atomic E-state index is -3.25. The highest BCUT2D eigenvalue weighted by Crippen LogP contribution is 2.46. The molecule has 1 aromatic carbocycles. The van der Waals surface area contributed by atoms with Gasteiger partial charge >= 0.3 is 0 Å². The number of nitrogens with zero attached hydrogens (tertiary/aromatic N) is 4. The van der Waals surface area contributed by atoms with Crippen LogP contribution >= 0.6 is 0 Å². The van der Waals surface area contributed by atoms with Gasteiger partial charge < -0.3 is 4.52 Å². The predicted molar refractivity (Wildman–Crippen MR) is 106 cm³/mol. The molecular weight excluding hydrogens is 376 g/mol. The number of hydrogen-bond acceptors (Lipinski definition) is 6. The normalized spacial score (nSPS) is 26.2. The average molecular weight is 405 g/mol. The molecule has 2 aliphatic rings. The monoisotopic (exact) mass is 404 g/mol. The SMILES string of the molecule is CC(C)Cc1nc(CN2C[C@@H]3CN(S(C)(=O)=O)[C@@H](c4ccccc4)[C@@H]3C2)no1. The van der Waals surface area contributed by atoms with Crippen molar-refractivity contribution in [3.8, 4) is 0 Å². The zero-order valence-electron chi connectivity index (χ0n) is 16.7. The summed E-state index contributed by atoms with van der Waals surface area (Å²) in [6.45, 7) is 7.17. The van der Waals surface area contributed by atoms with Crippen molar-refractivity contribution >= 4 is 10.0 Å². The maximum absolute atomic E-state index is 12.4. The van der Waals surface area contributed by atoms with E-state index in [0.717, 1.165) is 25.1 Å². The van der Waals surface area contributed by atoms with Crippen molar-refractivity contribution in [2.45, 2.75) is 32.9 Å². The molecule has 0 radical (unpaired) electrons. The zero-order valence-corrected chi connectivity index (χ0v) is 17.5. The van der Waals surface area contributed by atoms with Gasteiger partial charge in [-0.15, -0.1) is 0 Å². The molecule has 2 fully saturated rings. The molecule has 28 heavy (non-hydrogen) atoms. The summed E-state index contributed by atoms with van der Waals surface area (Å²) in [5.74, 6) is 2.48. The van der Waals surface area contributed by atoms with E-state index in [2.05, 4.69) is 28.9 Å². The molecule has 0 amide bonds. The number of fused-ring (bicyclic) bond motifs is 1. The first-order chi connectivity index (χ1) is 13.3. The average Bonchev–Trinajstić information content (AvgIpc) is 3.29. The number of benzene rings is 1. The Morgan fingerprint density at radius 2 is 1.93 bits per heavy atom. The van der Waals surface area contributed by atoms with Crippen molar-refractivity contribution < 1.29 is 12.9 Å². The molecule has 0 aliphatic carbocycles. The Hall–Kier alpha value is -1.77. The Kier molecular flexibility index (Phi) is 5.28. The maximum Gasteiger partial charge on any atom is 0.226 e. The van der Waals surface area contributed by atoms with E-state index in [1.54, 1.807) is 4.31 Å². The van der Waals surface area contributed by atoms with Crippen LogP contribution in [0.15, 0.2) is 34.9 Å². The summed E-state index contributed by atoms with van der Waals surface area (Å²) in [4.78, 5) is 6.84. The molecule has 0 unspecified atom stereocenters. The molecule has 0 saturated carbocycles. The number of aromatic nitrogens is 2. The maximum atomic E-state index is 12.4. The van der Waals surface area contributed by atoms with Gasteiger partial charge in [-0.3, -0.25) is 4.90 Å². The van der Waals surface area contributed by atoms with E-state index in [1.807, 2.05) is 30.3 Å². The largest absolute Gasteiger partial charge is 0.339 e. The third-order valence-electron chi connectivity index (χ3n) is 5.72. The highest BCUT2D eigenvalue weighted by atomic mass is 32.2. The molecular formula is C20H28N4O3S. The highest BCUT2D eigenvalue weighted by Gasteiger charge is 2.50. The summed E-state index contributed by atoms with van der Waals surface area (Å²) in [6.07, 6.45) is 2.11. The first-order valence-electron chi connectivity index (χ1n) is 9.87. The molecule has 8 heteroatoms. The fourth-order valence-corrected chi connectivity index (χ4v) is 5.77. The van der Waals surface area contributed by atoms with Gasteiger partial charge in [-0.1, -0.05) is 49.3 Å². The first-order valence-corrected chi connectivity index (χ1v) is 11.7. The van der Waals surface area contributed by atoms with E-state index in [-0.39, 0.29) is 12.0 Å². The standard InChI is InChI=1S/C20H28N4O3S/c1-14(2)9-19-21-18(22-27-19)13-23-10-16-11-24(28(3,25)26)20(17(16)12-23)15-7-5-4-6-8-15/h4-8,14,16-17,20H,9-13H2,1-3H3/t16-,17-,20+/m1/s1. The number of hydrogen-bond donors (Lipinski definition) is 0. The summed E-state index contributed by atoms with van der Waals surface area (Å²) in [5.41, 5.74) is 1.07. The lowest BCUT2D eigenvalue weighted by molar-refractivity contribution is 0.253. The summed E-state index contributed by atoms with van der Waals surface area (Å²) in [5, 5.41) is 4.12. The number of rotatable bonds is 6. The predicted octanol–water partition coefficient (Wildman–Crippen LogP) is 2.33. The minimum absolute atomic E-state index is 0.104. The van der Waals surface area contributed by atoms with Gasteiger partial charge in [0.25, 0.3) is 0 Å². The lowest BCUT2D eigenvalue weighted by atomic mass is 9.90. The summed E-state index contributed by atoms with van der Waals surface area (Å²) >= 11 is 0. The van der Waals surface area contributed by atoms with Gasteiger partial charge in [0, 0.05) is 26.1 Å². The molecule has 4 rings (SSSR count). The second-order valence-electron chi connectivity index (χ2n) is 8.51. The van der Waals surface area contributed by atoms with Crippen molar-refractivity contribution in [1.29, 1.82) is 0 Å². The summed E-state index contributed by atoms with van der Waals surface area (Å²) in [7, 11) is -3.25. The Balaban J connectivity index is 1.50. The van der Waals surface area contributed by atoms with Crippen LogP contribution in [-0.4, -0.2) is 53.7 Å². The second-order valence-corrected chi connectivity index (χ2v) is 10.4. The van der Waals surface area contributed by atoms with Gasteiger partial charge in [-0.05, 0) is 23.3 Å². The van der Waals surface area contributed by atoms with Crippen LogP contribution in [0.4, 0.5) is 0 Å². The molecule has 2 aromatic rings. The van der Waals surface area contributed by atoms with Crippen LogP contribution in [0.3, 0.4) is 0 Å². The van der Waals surface area contributed by atoms with Gasteiger partial charge in [0.05, 0.1) is 18.8 Å². The topological polar surface area (TPSA) is 79.5 Å². The van der Waals surface area contributed by atoms with E-state index in [1.165, 1.54) is 6.26 Å². The van der Waals surface area contributed by atoms with Crippen LogP contribution in [0.2, 0.25) is 0 Å². The lowest BCUT2D eigenvalue weighted by Crippen LogP contribution is -2.35. The molecule has 0 N–H and O–H groups in total. The third-order valence-corrected chi connectivity index (χ3v) is 6.95. The lowest BCUT2D eigenvalue weighted by Gasteiger charge is -2.27. The van der Waals surface area contributed by atoms with E-state index in [0.29, 0.717) is 36.6 Å². The van der Waals surface area contributed by atoms with E-state index < -0.39 is 10.0 Å². The molecule has 152 valence electrons. The van der Waals surface area contributed by atoms with Crippen LogP contribution in [0.25, 0.3) is 0 Å². The fourth-order valence-electron chi connectivity index (χ4n) is 4.62. The second kappa shape index (κ2) is 7.57. The van der Waals surface area contributed by atoms with E-state index >= 15 is 0 Å². The van der Waals surface area contributed by atoms with Crippen molar-refractivity contribution in [2.24, 2.45) is 17.8 Å². The third kappa shape index (κ3) is 3.99.